The fraction of sp³-hybridized carbons (Fsp3) is 0.625. The fourth-order valence-corrected chi connectivity index (χ4v) is 3.78. The van der Waals surface area contributed by atoms with Gasteiger partial charge < -0.3 is 0 Å². The zero-order chi connectivity index (χ0) is 12.1. The van der Waals surface area contributed by atoms with E-state index in [0.717, 1.165) is 11.8 Å². The molecule has 1 fully saturated rings. The van der Waals surface area contributed by atoms with Crippen molar-refractivity contribution in [2.45, 2.75) is 51.4 Å². The Labute approximate surface area is 119 Å². The Morgan fingerprint density at radius 2 is 1.71 bits per heavy atom. The second-order valence-corrected chi connectivity index (χ2v) is 6.24. The second kappa shape index (κ2) is 6.77. The number of hydrogen-bond acceptors (Lipinski definition) is 0. The molecule has 1 aromatic carbocycles. The minimum atomic E-state index is 0.838. The van der Waals surface area contributed by atoms with E-state index in [-0.39, 0.29) is 0 Å². The lowest BCUT2D eigenvalue weighted by atomic mass is 9.79. The first-order chi connectivity index (χ1) is 8.33. The highest BCUT2D eigenvalue weighted by Gasteiger charge is 2.21. The van der Waals surface area contributed by atoms with Crippen molar-refractivity contribution in [2.75, 3.05) is 4.43 Å². The van der Waals surface area contributed by atoms with Gasteiger partial charge in [0.2, 0.25) is 0 Å². The van der Waals surface area contributed by atoms with Crippen LogP contribution in [0.4, 0.5) is 0 Å². The molecule has 0 radical (unpaired) electrons. The highest BCUT2D eigenvalue weighted by molar-refractivity contribution is 14.1. The summed E-state index contributed by atoms with van der Waals surface area (Å²) < 4.78 is 1.35. The van der Waals surface area contributed by atoms with Gasteiger partial charge in [0.05, 0.1) is 0 Å². The molecule has 0 unspecified atom stereocenters. The van der Waals surface area contributed by atoms with Gasteiger partial charge in [0, 0.05) is 4.43 Å². The molecule has 1 saturated carbocycles. The van der Waals surface area contributed by atoms with E-state index < -0.39 is 0 Å². The van der Waals surface area contributed by atoms with Crippen LogP contribution in [-0.4, -0.2) is 4.43 Å². The van der Waals surface area contributed by atoms with Gasteiger partial charge in [0.1, 0.15) is 0 Å². The zero-order valence-corrected chi connectivity index (χ0v) is 12.9. The van der Waals surface area contributed by atoms with Crippen molar-refractivity contribution in [3.63, 3.8) is 0 Å². The monoisotopic (exact) mass is 342 g/mol. The summed E-state index contributed by atoms with van der Waals surface area (Å²) in [4.78, 5) is 0. The Morgan fingerprint density at radius 1 is 1.06 bits per heavy atom. The second-order valence-electron chi connectivity index (χ2n) is 5.36. The average molecular weight is 342 g/mol. The molecule has 0 aliphatic heterocycles. The van der Waals surface area contributed by atoms with Crippen LogP contribution in [0, 0.1) is 5.92 Å². The van der Waals surface area contributed by atoms with E-state index in [2.05, 4.69) is 53.8 Å². The molecule has 0 bridgehead atoms. The predicted octanol–water partition coefficient (Wildman–Crippen LogP) is 5.35. The number of halogens is 1. The molecule has 0 spiro atoms. The molecule has 0 amide bonds. The maximum atomic E-state index is 2.54. The predicted molar refractivity (Wildman–Crippen MR) is 84.0 cm³/mol. The van der Waals surface area contributed by atoms with Gasteiger partial charge in [-0.3, -0.25) is 0 Å². The van der Waals surface area contributed by atoms with Crippen molar-refractivity contribution in [1.29, 1.82) is 0 Å². The standard InChI is InChI=1S/C16H23I/c1-2-3-13-4-8-15(9-5-13)16-10-6-14(12-17)7-11-16/h4-5,8-9,14,16H,2-3,6-7,10-12H2,1H3. The summed E-state index contributed by atoms with van der Waals surface area (Å²) in [5.41, 5.74) is 3.08. The van der Waals surface area contributed by atoms with E-state index in [9.17, 15) is 0 Å². The lowest BCUT2D eigenvalue weighted by Crippen LogP contribution is -2.14. The molecule has 17 heavy (non-hydrogen) atoms. The Kier molecular flexibility index (Phi) is 5.33. The van der Waals surface area contributed by atoms with E-state index >= 15 is 0 Å². The normalized spacial score (nSPS) is 24.8. The van der Waals surface area contributed by atoms with Gasteiger partial charge in [-0.25, -0.2) is 0 Å². The Hall–Kier alpha value is -0.0500. The van der Waals surface area contributed by atoms with E-state index in [1.54, 1.807) is 5.56 Å². The molecular weight excluding hydrogens is 319 g/mol. The van der Waals surface area contributed by atoms with Crippen molar-refractivity contribution in [1.82, 2.24) is 0 Å². The minimum Gasteiger partial charge on any atom is -0.0861 e. The van der Waals surface area contributed by atoms with Gasteiger partial charge in [0.25, 0.3) is 0 Å². The van der Waals surface area contributed by atoms with Crippen molar-refractivity contribution in [3.05, 3.63) is 35.4 Å². The zero-order valence-electron chi connectivity index (χ0n) is 10.8. The van der Waals surface area contributed by atoms with Crippen LogP contribution in [0.25, 0.3) is 0 Å². The fourth-order valence-electron chi connectivity index (χ4n) is 2.90. The van der Waals surface area contributed by atoms with Crippen molar-refractivity contribution < 1.29 is 0 Å². The highest BCUT2D eigenvalue weighted by atomic mass is 127. The molecule has 0 saturated heterocycles. The molecule has 1 aromatic rings. The Morgan fingerprint density at radius 3 is 2.24 bits per heavy atom. The molecule has 94 valence electrons. The van der Waals surface area contributed by atoms with Crippen molar-refractivity contribution in [3.8, 4) is 0 Å². The summed E-state index contributed by atoms with van der Waals surface area (Å²) in [6, 6.07) is 9.42. The van der Waals surface area contributed by atoms with E-state index in [4.69, 9.17) is 0 Å². The molecule has 0 N–H and O–H groups in total. The summed E-state index contributed by atoms with van der Waals surface area (Å²) >= 11 is 2.54. The number of aryl methyl sites for hydroxylation is 1. The SMILES string of the molecule is CCCc1ccc(C2CCC(CI)CC2)cc1. The van der Waals surface area contributed by atoms with E-state index in [1.807, 2.05) is 0 Å². The molecular formula is C16H23I. The van der Waals surface area contributed by atoms with Gasteiger partial charge in [-0.2, -0.15) is 0 Å². The number of benzene rings is 1. The highest BCUT2D eigenvalue weighted by Crippen LogP contribution is 2.36. The molecule has 1 aliphatic carbocycles. The van der Waals surface area contributed by atoms with Crippen LogP contribution in [0.2, 0.25) is 0 Å². The van der Waals surface area contributed by atoms with Gasteiger partial charge >= 0.3 is 0 Å². The van der Waals surface area contributed by atoms with Crippen LogP contribution in [0.15, 0.2) is 24.3 Å². The first kappa shape index (κ1) is 13.4. The quantitative estimate of drug-likeness (QED) is 0.511. The van der Waals surface area contributed by atoms with Crippen LogP contribution in [0.3, 0.4) is 0 Å². The summed E-state index contributed by atoms with van der Waals surface area (Å²) in [6.07, 6.45) is 8.15. The smallest absolute Gasteiger partial charge is 0.00237 e. The maximum absolute atomic E-state index is 2.54. The minimum absolute atomic E-state index is 0.838. The lowest BCUT2D eigenvalue weighted by Gasteiger charge is -2.27. The molecule has 1 aliphatic rings. The number of alkyl halides is 1. The topological polar surface area (TPSA) is 0 Å². The Balaban J connectivity index is 1.94. The first-order valence-electron chi connectivity index (χ1n) is 6.98. The van der Waals surface area contributed by atoms with Crippen molar-refractivity contribution in [2.24, 2.45) is 5.92 Å². The van der Waals surface area contributed by atoms with Crippen molar-refractivity contribution >= 4 is 22.6 Å². The van der Waals surface area contributed by atoms with Gasteiger partial charge in [-0.15, -0.1) is 0 Å². The number of hydrogen-bond donors (Lipinski definition) is 0. The van der Waals surface area contributed by atoms with Gasteiger partial charge in [-0.05, 0) is 55.1 Å². The maximum Gasteiger partial charge on any atom is 0.00237 e. The molecule has 0 nitrogen and oxygen atoms in total. The summed E-state index contributed by atoms with van der Waals surface area (Å²) in [7, 11) is 0. The van der Waals surface area contributed by atoms with E-state index in [0.29, 0.717) is 0 Å². The summed E-state index contributed by atoms with van der Waals surface area (Å²) in [6.45, 7) is 2.25. The third kappa shape index (κ3) is 3.70. The average Bonchev–Trinajstić information content (AvgIpc) is 2.40. The van der Waals surface area contributed by atoms with Gasteiger partial charge in [0.15, 0.2) is 0 Å². The lowest BCUT2D eigenvalue weighted by molar-refractivity contribution is 0.356. The van der Waals surface area contributed by atoms with Crippen LogP contribution in [0.5, 0.6) is 0 Å². The molecule has 0 atom stereocenters. The molecule has 0 aromatic heterocycles. The first-order valence-corrected chi connectivity index (χ1v) is 8.50. The van der Waals surface area contributed by atoms with E-state index in [1.165, 1.54) is 48.5 Å². The largest absolute Gasteiger partial charge is 0.0861 e. The third-order valence-electron chi connectivity index (χ3n) is 4.05. The summed E-state index contributed by atoms with van der Waals surface area (Å²) in [5, 5.41) is 0. The number of rotatable bonds is 4. The third-order valence-corrected chi connectivity index (χ3v) is 5.30. The van der Waals surface area contributed by atoms with Crippen LogP contribution < -0.4 is 0 Å². The van der Waals surface area contributed by atoms with Gasteiger partial charge in [-0.1, -0.05) is 60.2 Å². The van der Waals surface area contributed by atoms with Crippen LogP contribution in [-0.2, 0) is 6.42 Å². The molecule has 2 rings (SSSR count). The Bertz CT molecular complexity index is 320. The molecule has 0 heterocycles. The summed E-state index contributed by atoms with van der Waals surface area (Å²) in [5.74, 6) is 1.83. The molecule has 1 heteroatoms. The van der Waals surface area contributed by atoms with Crippen LogP contribution >= 0.6 is 22.6 Å². The van der Waals surface area contributed by atoms with Crippen LogP contribution in [0.1, 0.15) is 56.1 Å².